The first-order valence-corrected chi connectivity index (χ1v) is 7.44. The Kier molecular flexibility index (Phi) is 4.82. The molecular formula is C14H20BrN3O. The fraction of sp³-hybridized carbons (Fsp3) is 0.500. The third-order valence-corrected chi connectivity index (χ3v) is 4.00. The van der Waals surface area contributed by atoms with E-state index in [1.165, 1.54) is 5.69 Å². The Morgan fingerprint density at radius 3 is 2.79 bits per heavy atom. The van der Waals surface area contributed by atoms with Crippen LogP contribution in [-0.2, 0) is 19.4 Å². The molecule has 0 aliphatic rings. The number of hydrogen-bond acceptors (Lipinski definition) is 3. The Morgan fingerprint density at radius 2 is 2.26 bits per heavy atom. The van der Waals surface area contributed by atoms with Gasteiger partial charge in [-0.1, -0.05) is 6.92 Å². The van der Waals surface area contributed by atoms with Crippen molar-refractivity contribution in [1.82, 2.24) is 15.1 Å². The molecule has 104 valence electrons. The smallest absolute Gasteiger partial charge is 0.173 e. The lowest BCUT2D eigenvalue weighted by Gasteiger charge is -2.15. The normalized spacial score (nSPS) is 12.8. The molecule has 2 heterocycles. The van der Waals surface area contributed by atoms with Crippen LogP contribution in [0.3, 0.4) is 0 Å². The van der Waals surface area contributed by atoms with Gasteiger partial charge in [-0.15, -0.1) is 0 Å². The first-order chi connectivity index (χ1) is 9.19. The van der Waals surface area contributed by atoms with E-state index >= 15 is 0 Å². The number of furan rings is 1. The summed E-state index contributed by atoms with van der Waals surface area (Å²) in [5.41, 5.74) is 3.55. The second-order valence-corrected chi connectivity index (χ2v) is 5.21. The molecule has 2 aromatic heterocycles. The summed E-state index contributed by atoms with van der Waals surface area (Å²) in [5.74, 6) is 0. The summed E-state index contributed by atoms with van der Waals surface area (Å²) in [4.78, 5) is 0. The Morgan fingerprint density at radius 1 is 1.47 bits per heavy atom. The zero-order valence-electron chi connectivity index (χ0n) is 11.6. The quantitative estimate of drug-likeness (QED) is 0.885. The zero-order valence-corrected chi connectivity index (χ0v) is 13.2. The predicted octanol–water partition coefficient (Wildman–Crippen LogP) is 3.32. The van der Waals surface area contributed by atoms with Gasteiger partial charge < -0.3 is 9.73 Å². The number of rotatable bonds is 6. The number of aryl methyl sites for hydroxylation is 2. The minimum Gasteiger partial charge on any atom is -0.457 e. The molecule has 0 saturated heterocycles. The van der Waals surface area contributed by atoms with Gasteiger partial charge in [-0.3, -0.25) is 4.68 Å². The molecule has 0 aromatic carbocycles. The van der Waals surface area contributed by atoms with Gasteiger partial charge >= 0.3 is 0 Å². The summed E-state index contributed by atoms with van der Waals surface area (Å²) in [5, 5.41) is 7.93. The Bertz CT molecular complexity index is 533. The summed E-state index contributed by atoms with van der Waals surface area (Å²) < 4.78 is 8.20. The molecule has 0 saturated carbocycles. The number of likely N-dealkylation sites (N-methyl/N-ethyl adjacent to an activating group) is 1. The van der Waals surface area contributed by atoms with Crippen molar-refractivity contribution < 1.29 is 4.42 Å². The highest BCUT2D eigenvalue weighted by Crippen LogP contribution is 2.27. The van der Waals surface area contributed by atoms with E-state index in [4.69, 9.17) is 4.42 Å². The monoisotopic (exact) mass is 325 g/mol. The summed E-state index contributed by atoms with van der Waals surface area (Å²) >= 11 is 3.45. The Hall–Kier alpha value is -1.07. The van der Waals surface area contributed by atoms with Crippen LogP contribution in [-0.4, -0.2) is 16.8 Å². The summed E-state index contributed by atoms with van der Waals surface area (Å²) in [6.07, 6.45) is 3.58. The maximum absolute atomic E-state index is 5.32. The molecule has 0 aliphatic carbocycles. The van der Waals surface area contributed by atoms with Gasteiger partial charge in [0.2, 0.25) is 0 Å². The van der Waals surface area contributed by atoms with Crippen LogP contribution in [0.4, 0.5) is 0 Å². The first-order valence-electron chi connectivity index (χ1n) is 6.65. The first kappa shape index (κ1) is 14.3. The van der Waals surface area contributed by atoms with Gasteiger partial charge in [-0.2, -0.15) is 5.10 Å². The van der Waals surface area contributed by atoms with Crippen LogP contribution in [0.5, 0.6) is 0 Å². The topological polar surface area (TPSA) is 43.0 Å². The van der Waals surface area contributed by atoms with E-state index in [9.17, 15) is 0 Å². The molecule has 0 fully saturated rings. The van der Waals surface area contributed by atoms with Gasteiger partial charge in [0, 0.05) is 30.3 Å². The van der Waals surface area contributed by atoms with Crippen molar-refractivity contribution in [3.05, 3.63) is 40.0 Å². The van der Waals surface area contributed by atoms with Crippen molar-refractivity contribution in [3.63, 3.8) is 0 Å². The molecular weight excluding hydrogens is 306 g/mol. The van der Waals surface area contributed by atoms with Crippen molar-refractivity contribution in [2.75, 3.05) is 7.05 Å². The van der Waals surface area contributed by atoms with Crippen molar-refractivity contribution in [1.29, 1.82) is 0 Å². The van der Waals surface area contributed by atoms with Crippen LogP contribution < -0.4 is 5.32 Å². The van der Waals surface area contributed by atoms with E-state index < -0.39 is 0 Å². The number of hydrogen-bond donors (Lipinski definition) is 1. The average molecular weight is 326 g/mol. The molecule has 1 atom stereocenters. The van der Waals surface area contributed by atoms with Crippen molar-refractivity contribution in [2.45, 2.75) is 39.3 Å². The van der Waals surface area contributed by atoms with E-state index in [-0.39, 0.29) is 6.04 Å². The van der Waals surface area contributed by atoms with Crippen LogP contribution in [0.1, 0.15) is 36.8 Å². The fourth-order valence-electron chi connectivity index (χ4n) is 2.26. The fourth-order valence-corrected chi connectivity index (χ4v) is 2.77. The van der Waals surface area contributed by atoms with E-state index in [1.807, 2.05) is 13.1 Å². The minimum absolute atomic E-state index is 0.222. The zero-order chi connectivity index (χ0) is 13.8. The molecule has 0 spiro atoms. The molecule has 1 unspecified atom stereocenters. The van der Waals surface area contributed by atoms with Crippen LogP contribution in [0.2, 0.25) is 0 Å². The van der Waals surface area contributed by atoms with Gasteiger partial charge in [0.15, 0.2) is 4.67 Å². The maximum Gasteiger partial charge on any atom is 0.173 e. The van der Waals surface area contributed by atoms with Crippen molar-refractivity contribution in [3.8, 4) is 0 Å². The van der Waals surface area contributed by atoms with Crippen molar-refractivity contribution >= 4 is 15.9 Å². The van der Waals surface area contributed by atoms with Gasteiger partial charge in [-0.25, -0.2) is 0 Å². The summed E-state index contributed by atoms with van der Waals surface area (Å²) in [6.45, 7) is 5.16. The van der Waals surface area contributed by atoms with E-state index in [1.54, 1.807) is 6.26 Å². The average Bonchev–Trinajstić information content (AvgIpc) is 3.01. The second-order valence-electron chi connectivity index (χ2n) is 4.49. The molecule has 1 N–H and O–H groups in total. The molecule has 0 aliphatic heterocycles. The predicted molar refractivity (Wildman–Crippen MR) is 79.2 cm³/mol. The standard InChI is InChI=1S/C14H20BrN3O/c1-4-10-8-11(18(5-2)17-10)9-13(16-3)12-6-7-19-14(12)15/h6-8,13,16H,4-5,9H2,1-3H3. The number of nitrogens with zero attached hydrogens (tertiary/aromatic N) is 2. The van der Waals surface area contributed by atoms with Crippen molar-refractivity contribution in [2.24, 2.45) is 0 Å². The van der Waals surface area contributed by atoms with Gasteiger partial charge in [0.25, 0.3) is 0 Å². The number of aromatic nitrogens is 2. The number of nitrogens with one attached hydrogen (secondary N) is 1. The van der Waals surface area contributed by atoms with Gasteiger partial charge in [0.1, 0.15) is 0 Å². The summed E-state index contributed by atoms with van der Waals surface area (Å²) in [6, 6.07) is 4.42. The highest BCUT2D eigenvalue weighted by molar-refractivity contribution is 9.10. The molecule has 0 amide bonds. The van der Waals surface area contributed by atoms with E-state index in [2.05, 4.69) is 50.9 Å². The lowest BCUT2D eigenvalue weighted by atomic mass is 10.0. The second kappa shape index (κ2) is 6.39. The van der Waals surface area contributed by atoms with Crippen LogP contribution in [0, 0.1) is 0 Å². The molecule has 2 rings (SSSR count). The van der Waals surface area contributed by atoms with Crippen LogP contribution in [0.15, 0.2) is 27.5 Å². The lowest BCUT2D eigenvalue weighted by molar-refractivity contribution is 0.507. The largest absolute Gasteiger partial charge is 0.457 e. The molecule has 4 nitrogen and oxygen atoms in total. The Balaban J connectivity index is 2.23. The van der Waals surface area contributed by atoms with Gasteiger partial charge in [-0.05, 0) is 48.5 Å². The number of halogens is 1. The molecule has 0 bridgehead atoms. The van der Waals surface area contributed by atoms with Crippen LogP contribution in [0.25, 0.3) is 0 Å². The van der Waals surface area contributed by atoms with E-state index in [0.717, 1.165) is 35.3 Å². The maximum atomic E-state index is 5.32. The summed E-state index contributed by atoms with van der Waals surface area (Å²) in [7, 11) is 1.97. The molecule has 5 heteroatoms. The lowest BCUT2D eigenvalue weighted by Crippen LogP contribution is -2.20. The molecule has 2 aromatic rings. The van der Waals surface area contributed by atoms with Gasteiger partial charge in [0.05, 0.1) is 12.0 Å². The Labute approximate surface area is 122 Å². The molecule has 0 radical (unpaired) electrons. The third-order valence-electron chi connectivity index (χ3n) is 3.36. The van der Waals surface area contributed by atoms with E-state index in [0.29, 0.717) is 0 Å². The molecule has 19 heavy (non-hydrogen) atoms. The highest BCUT2D eigenvalue weighted by atomic mass is 79.9. The SMILES string of the molecule is CCc1cc(CC(NC)c2ccoc2Br)n(CC)n1. The highest BCUT2D eigenvalue weighted by Gasteiger charge is 2.18. The van der Waals surface area contributed by atoms with Crippen LogP contribution >= 0.6 is 15.9 Å². The third kappa shape index (κ3) is 3.09. The minimum atomic E-state index is 0.222.